The summed E-state index contributed by atoms with van der Waals surface area (Å²) in [5.74, 6) is 6.64. The van der Waals surface area contributed by atoms with Crippen LogP contribution in [0.4, 0.5) is 0 Å². The number of ether oxygens (including phenoxy) is 1. The summed E-state index contributed by atoms with van der Waals surface area (Å²) in [5.41, 5.74) is 9.25. The summed E-state index contributed by atoms with van der Waals surface area (Å²) in [5, 5.41) is 0. The first-order valence-corrected chi connectivity index (χ1v) is 28.3. The predicted molar refractivity (Wildman–Crippen MR) is 277 cm³/mol. The summed E-state index contributed by atoms with van der Waals surface area (Å²) in [6, 6.07) is 20.1. The molecule has 4 aliphatic rings. The third-order valence-electron chi connectivity index (χ3n) is 17.4. The minimum Gasteiger partial charge on any atom is -0.373 e. The molecule has 0 amide bonds. The van der Waals surface area contributed by atoms with Crippen LogP contribution in [0.5, 0.6) is 0 Å². The van der Waals surface area contributed by atoms with E-state index in [-0.39, 0.29) is 0 Å². The van der Waals surface area contributed by atoms with Crippen LogP contribution >= 0.6 is 0 Å². The molecule has 0 spiro atoms. The number of hydrogen-bond donors (Lipinski definition) is 0. The highest BCUT2D eigenvalue weighted by molar-refractivity contribution is 5.69. The Morgan fingerprint density at radius 2 is 0.667 bits per heavy atom. The van der Waals surface area contributed by atoms with E-state index in [0.29, 0.717) is 25.0 Å². The normalized spacial score (nSPS) is 27.4. The van der Waals surface area contributed by atoms with Crippen molar-refractivity contribution in [2.75, 3.05) is 13.2 Å². The van der Waals surface area contributed by atoms with Crippen molar-refractivity contribution in [1.82, 2.24) is 0 Å². The Morgan fingerprint density at radius 3 is 0.952 bits per heavy atom. The highest BCUT2D eigenvalue weighted by Crippen LogP contribution is 2.44. The minimum absolute atomic E-state index is 0.661. The van der Waals surface area contributed by atoms with Crippen molar-refractivity contribution >= 4 is 11.1 Å². The summed E-state index contributed by atoms with van der Waals surface area (Å²) in [6.45, 7) is 10.8. The largest absolute Gasteiger partial charge is 0.373 e. The summed E-state index contributed by atoms with van der Waals surface area (Å²) < 4.78 is 6.67. The Labute approximate surface area is 390 Å². The number of benzene rings is 2. The lowest BCUT2D eigenvalue weighted by Gasteiger charge is -2.31. The smallest absolute Gasteiger partial charge is 0.0657 e. The van der Waals surface area contributed by atoms with E-state index in [1.807, 2.05) is 0 Å². The van der Waals surface area contributed by atoms with Gasteiger partial charge in [-0.2, -0.15) is 0 Å². The molecular weight excluding hydrogens is 761 g/mol. The van der Waals surface area contributed by atoms with Gasteiger partial charge in [0.25, 0.3) is 0 Å². The highest BCUT2D eigenvalue weighted by atomic mass is 16.5. The van der Waals surface area contributed by atoms with Gasteiger partial charge in [-0.05, 0) is 183 Å². The summed E-state index contributed by atoms with van der Waals surface area (Å²) in [4.78, 5) is 0. The number of hydrogen-bond acceptors (Lipinski definition) is 1. The van der Waals surface area contributed by atoms with Crippen molar-refractivity contribution in [3.8, 4) is 0 Å². The van der Waals surface area contributed by atoms with E-state index in [0.717, 1.165) is 35.5 Å². The van der Waals surface area contributed by atoms with Crippen LogP contribution in [0.3, 0.4) is 0 Å². The molecule has 4 fully saturated rings. The van der Waals surface area contributed by atoms with Crippen molar-refractivity contribution in [1.29, 1.82) is 0 Å². The van der Waals surface area contributed by atoms with Crippen LogP contribution in [-0.2, 0) is 4.74 Å². The molecule has 0 aromatic heterocycles. The van der Waals surface area contributed by atoms with Crippen molar-refractivity contribution < 1.29 is 4.74 Å². The average Bonchev–Trinajstić information content (AvgIpc) is 3.33. The summed E-state index contributed by atoms with van der Waals surface area (Å²) >= 11 is 0. The van der Waals surface area contributed by atoms with Crippen LogP contribution < -0.4 is 0 Å². The second-order valence-corrected chi connectivity index (χ2v) is 22.0. The number of unbranched alkanes of at least 4 members (excludes halogenated alkanes) is 8. The van der Waals surface area contributed by atoms with Gasteiger partial charge in [-0.1, -0.05) is 191 Å². The monoisotopic (exact) mass is 859 g/mol. The lowest BCUT2D eigenvalue weighted by Crippen LogP contribution is -2.17. The molecule has 0 atom stereocenters. The van der Waals surface area contributed by atoms with E-state index in [9.17, 15) is 0 Å². The molecule has 0 aliphatic heterocycles. The van der Waals surface area contributed by atoms with E-state index < -0.39 is 0 Å². The first-order chi connectivity index (χ1) is 31.1. The number of rotatable bonds is 26. The standard InChI is InChI=1S/C62H98O/c1-5-9-13-17-49-21-29-53(30-22-49)55-37-41-59(42-38-55)61(57-33-25-51(26-34-57)19-15-11-7-3)45-47-63-48-46-62(58-35-27-52(28-36-58)20-16-12-8-4)60-43-39-56(40-44-60)54-31-23-50(24-32-54)18-14-10-6-2/h37-46,49-54,57-58H,5-36,47-48H2,1-4H3/t49-,50-,51-,52-,53-,54-,57-,58-. The van der Waals surface area contributed by atoms with Crippen LogP contribution in [0, 0.1) is 35.5 Å². The second kappa shape index (κ2) is 28.8. The molecule has 63 heavy (non-hydrogen) atoms. The van der Waals surface area contributed by atoms with Gasteiger partial charge in [0.2, 0.25) is 0 Å². The van der Waals surface area contributed by atoms with Gasteiger partial charge >= 0.3 is 0 Å². The zero-order valence-corrected chi connectivity index (χ0v) is 41.8. The molecule has 0 saturated heterocycles. The average molecular weight is 859 g/mol. The zero-order chi connectivity index (χ0) is 43.9. The fourth-order valence-corrected chi connectivity index (χ4v) is 13.1. The van der Waals surface area contributed by atoms with Gasteiger partial charge in [-0.25, -0.2) is 0 Å². The molecule has 0 N–H and O–H groups in total. The quantitative estimate of drug-likeness (QED) is 0.0857. The van der Waals surface area contributed by atoms with Gasteiger partial charge in [-0.3, -0.25) is 0 Å². The van der Waals surface area contributed by atoms with Gasteiger partial charge in [-0.15, -0.1) is 0 Å². The topological polar surface area (TPSA) is 9.23 Å². The van der Waals surface area contributed by atoms with Gasteiger partial charge < -0.3 is 4.74 Å². The predicted octanol–water partition coefficient (Wildman–Crippen LogP) is 19.7. The fraction of sp³-hybridized carbons (Fsp3) is 0.742. The van der Waals surface area contributed by atoms with Crippen LogP contribution in [-0.4, -0.2) is 13.2 Å². The van der Waals surface area contributed by atoms with E-state index in [2.05, 4.69) is 88.4 Å². The Balaban J connectivity index is 1.11. The molecule has 4 saturated carbocycles. The lowest BCUT2D eigenvalue weighted by atomic mass is 9.74. The molecule has 0 heterocycles. The molecule has 2 aromatic rings. The third kappa shape index (κ3) is 16.6. The first kappa shape index (κ1) is 50.3. The zero-order valence-electron chi connectivity index (χ0n) is 41.8. The van der Waals surface area contributed by atoms with Gasteiger partial charge in [0, 0.05) is 0 Å². The molecule has 1 nitrogen and oxygen atoms in total. The maximum absolute atomic E-state index is 6.67. The molecule has 0 radical (unpaired) electrons. The van der Waals surface area contributed by atoms with Crippen molar-refractivity contribution in [3.63, 3.8) is 0 Å². The molecule has 0 unspecified atom stereocenters. The molecular formula is C62H98O. The van der Waals surface area contributed by atoms with Crippen LogP contribution in [0.2, 0.25) is 0 Å². The molecule has 6 rings (SSSR count). The first-order valence-electron chi connectivity index (χ1n) is 28.3. The highest BCUT2D eigenvalue weighted by Gasteiger charge is 2.28. The maximum atomic E-state index is 6.67. The molecule has 2 aromatic carbocycles. The minimum atomic E-state index is 0.661. The van der Waals surface area contributed by atoms with Crippen LogP contribution in [0.15, 0.2) is 60.7 Å². The van der Waals surface area contributed by atoms with Crippen molar-refractivity contribution in [2.24, 2.45) is 35.5 Å². The van der Waals surface area contributed by atoms with E-state index in [1.165, 1.54) is 217 Å². The Morgan fingerprint density at radius 1 is 0.381 bits per heavy atom. The lowest BCUT2D eigenvalue weighted by molar-refractivity contribution is 0.193. The van der Waals surface area contributed by atoms with Gasteiger partial charge in [0.1, 0.15) is 0 Å². The van der Waals surface area contributed by atoms with Crippen LogP contribution in [0.25, 0.3) is 11.1 Å². The Bertz CT molecular complexity index is 1410. The molecule has 0 bridgehead atoms. The Hall–Kier alpha value is -2.12. The second-order valence-electron chi connectivity index (χ2n) is 22.0. The van der Waals surface area contributed by atoms with Gasteiger partial charge in [0.05, 0.1) is 13.2 Å². The summed E-state index contributed by atoms with van der Waals surface area (Å²) in [6.07, 6.45) is 49.8. The van der Waals surface area contributed by atoms with E-state index >= 15 is 0 Å². The number of allylic oxidation sites excluding steroid dienone is 2. The van der Waals surface area contributed by atoms with Crippen molar-refractivity contribution in [3.05, 3.63) is 82.9 Å². The Kier molecular flexibility index (Phi) is 23.0. The van der Waals surface area contributed by atoms with E-state index in [1.54, 1.807) is 22.3 Å². The maximum Gasteiger partial charge on any atom is 0.0657 e. The van der Waals surface area contributed by atoms with Gasteiger partial charge in [0.15, 0.2) is 0 Å². The van der Waals surface area contributed by atoms with Crippen molar-refractivity contribution in [2.45, 2.75) is 245 Å². The molecule has 4 aliphatic carbocycles. The van der Waals surface area contributed by atoms with Crippen LogP contribution in [0.1, 0.15) is 267 Å². The summed E-state index contributed by atoms with van der Waals surface area (Å²) in [7, 11) is 0. The molecule has 1 heteroatoms. The molecule has 352 valence electrons. The SMILES string of the molecule is CCCCC[C@H]1CC[C@H](C(=CCOCC=C(c2ccc([C@H]3CC[C@H](CCCCC)CC3)cc2)[C@H]2CC[C@H](CCCCC)CC2)c2ccc([C@H]3CC[C@H](CCCCC)CC3)cc2)CC1. The van der Waals surface area contributed by atoms with E-state index in [4.69, 9.17) is 4.74 Å². The third-order valence-corrected chi connectivity index (χ3v) is 17.4. The fourth-order valence-electron chi connectivity index (χ4n) is 13.1.